The average Bonchev–Trinajstić information content (AvgIpc) is 3.70. The smallest absolute Gasteiger partial charge is 0.138 e. The maximum atomic E-state index is 12.1. The Labute approximate surface area is 361 Å². The molecule has 0 bridgehead atoms. The van der Waals surface area contributed by atoms with Crippen molar-refractivity contribution in [3.05, 3.63) is 178 Å². The van der Waals surface area contributed by atoms with E-state index in [2.05, 4.69) is 164 Å². The lowest BCUT2D eigenvalue weighted by molar-refractivity contribution is 0.476. The predicted octanol–water partition coefficient (Wildman–Crippen LogP) is 14.8. The molecule has 302 valence electrons. The van der Waals surface area contributed by atoms with Crippen molar-refractivity contribution in [1.29, 1.82) is 0 Å². The molecule has 0 saturated carbocycles. The van der Waals surface area contributed by atoms with E-state index < -0.39 is 12.3 Å². The summed E-state index contributed by atoms with van der Waals surface area (Å²) in [6.07, 6.45) is 0. The van der Waals surface area contributed by atoms with Crippen LogP contribution in [-0.2, 0) is 16.2 Å². The molecule has 2 heterocycles. The van der Waals surface area contributed by atoms with Crippen molar-refractivity contribution in [3.8, 4) is 39.4 Å². The Bertz CT molecular complexity index is 2860. The van der Waals surface area contributed by atoms with Crippen LogP contribution in [0.15, 0.2) is 127 Å². The molecule has 1 spiro atoms. The summed E-state index contributed by atoms with van der Waals surface area (Å²) in [5.74, 6) is 1.44. The summed E-state index contributed by atoms with van der Waals surface area (Å²) in [4.78, 5) is 12.5. The molecule has 0 saturated heterocycles. The van der Waals surface area contributed by atoms with Gasteiger partial charge >= 0.3 is 0 Å². The fourth-order valence-corrected chi connectivity index (χ4v) is 9.42. The lowest BCUT2D eigenvalue weighted by Crippen LogP contribution is -2.27. The van der Waals surface area contributed by atoms with Gasteiger partial charge < -0.3 is 5.11 Å². The molecule has 0 unspecified atom stereocenters. The van der Waals surface area contributed by atoms with Crippen LogP contribution >= 0.6 is 0 Å². The van der Waals surface area contributed by atoms with E-state index in [4.69, 9.17) is 9.10 Å². The van der Waals surface area contributed by atoms with Gasteiger partial charge in [0.2, 0.25) is 0 Å². The SMILES string of the molecule is [2H]C([2H])([2H])c1cccc(-c2cccc(N(c3cc(C(C)C)cc(C(C)C)c3)c3ccc4c(n3)-c3c(O)cccc3C43c4cc(C(C)(C)C)ccc4-c4ccc(C(C)(C)C)cc43)c2)n1. The Morgan fingerprint density at radius 3 is 1.80 bits per heavy atom. The van der Waals surface area contributed by atoms with Gasteiger partial charge in [-0.3, -0.25) is 9.88 Å². The molecule has 9 rings (SSSR count). The van der Waals surface area contributed by atoms with Crippen LogP contribution in [0.2, 0.25) is 0 Å². The number of phenolic OH excluding ortho intramolecular Hbond substituents is 1. The van der Waals surface area contributed by atoms with Gasteiger partial charge in [0.05, 0.1) is 16.8 Å². The van der Waals surface area contributed by atoms with Crippen molar-refractivity contribution in [3.63, 3.8) is 0 Å². The molecule has 7 aromatic rings. The van der Waals surface area contributed by atoms with Crippen molar-refractivity contribution in [1.82, 2.24) is 9.97 Å². The van der Waals surface area contributed by atoms with E-state index in [1.807, 2.05) is 24.3 Å². The van der Waals surface area contributed by atoms with Gasteiger partial charge in [-0.2, -0.15) is 0 Å². The molecule has 0 fully saturated rings. The number of hydrogen-bond acceptors (Lipinski definition) is 4. The van der Waals surface area contributed by atoms with E-state index in [1.54, 1.807) is 18.2 Å². The first-order chi connectivity index (χ1) is 29.7. The third-order valence-electron chi connectivity index (χ3n) is 12.8. The zero-order valence-corrected chi connectivity index (χ0v) is 36.6. The fraction of sp³-hybridized carbons (Fsp3) is 0.286. The summed E-state index contributed by atoms with van der Waals surface area (Å²) in [7, 11) is 0. The zero-order valence-electron chi connectivity index (χ0n) is 39.6. The number of rotatable bonds is 6. The lowest BCUT2D eigenvalue weighted by atomic mass is 9.69. The predicted molar refractivity (Wildman–Crippen MR) is 250 cm³/mol. The number of aryl methyl sites for hydroxylation is 1. The van der Waals surface area contributed by atoms with Gasteiger partial charge in [-0.1, -0.05) is 148 Å². The molecular formula is C56H57N3O. The van der Waals surface area contributed by atoms with Crippen molar-refractivity contribution >= 4 is 17.2 Å². The highest BCUT2D eigenvalue weighted by Crippen LogP contribution is 2.64. The maximum Gasteiger partial charge on any atom is 0.138 e. The Kier molecular flexibility index (Phi) is 8.41. The van der Waals surface area contributed by atoms with Crippen molar-refractivity contribution < 1.29 is 9.22 Å². The van der Waals surface area contributed by atoms with E-state index in [0.717, 1.165) is 39.3 Å². The summed E-state index contributed by atoms with van der Waals surface area (Å²) >= 11 is 0. The third kappa shape index (κ3) is 6.26. The van der Waals surface area contributed by atoms with Crippen molar-refractivity contribution in [2.75, 3.05) is 4.90 Å². The highest BCUT2D eigenvalue weighted by Gasteiger charge is 2.54. The third-order valence-corrected chi connectivity index (χ3v) is 12.8. The number of aromatic hydroxyl groups is 1. The molecule has 0 atom stereocenters. The minimum atomic E-state index is -2.33. The molecule has 4 nitrogen and oxygen atoms in total. The molecular weight excluding hydrogens is 731 g/mol. The van der Waals surface area contributed by atoms with Gasteiger partial charge in [-0.25, -0.2) is 4.98 Å². The first-order valence-corrected chi connectivity index (χ1v) is 21.4. The molecule has 0 radical (unpaired) electrons. The van der Waals surface area contributed by atoms with Crippen LogP contribution in [0.4, 0.5) is 17.2 Å². The summed E-state index contributed by atoms with van der Waals surface area (Å²) in [5.41, 5.74) is 15.6. The highest BCUT2D eigenvalue weighted by molar-refractivity contribution is 5.96. The van der Waals surface area contributed by atoms with Crippen LogP contribution in [0.25, 0.3) is 33.6 Å². The molecule has 60 heavy (non-hydrogen) atoms. The first kappa shape index (κ1) is 35.9. The quantitative estimate of drug-likeness (QED) is 0.182. The molecule has 4 heteroatoms. The molecule has 5 aromatic carbocycles. The van der Waals surface area contributed by atoms with Gasteiger partial charge in [-0.15, -0.1) is 0 Å². The monoisotopic (exact) mass is 790 g/mol. The van der Waals surface area contributed by atoms with Crippen molar-refractivity contribution in [2.24, 2.45) is 0 Å². The second-order valence-electron chi connectivity index (χ2n) is 19.5. The zero-order chi connectivity index (χ0) is 45.0. The second kappa shape index (κ2) is 14.0. The number of hydrogen-bond donors (Lipinski definition) is 1. The highest BCUT2D eigenvalue weighted by atomic mass is 16.3. The summed E-state index contributed by atoms with van der Waals surface area (Å²) in [6.45, 7) is 20.1. The summed E-state index contributed by atoms with van der Waals surface area (Å²) < 4.78 is 24.2. The van der Waals surface area contributed by atoms with Gasteiger partial charge in [0, 0.05) is 32.3 Å². The van der Waals surface area contributed by atoms with Gasteiger partial charge in [0.1, 0.15) is 11.6 Å². The number of anilines is 3. The van der Waals surface area contributed by atoms with E-state index in [1.165, 1.54) is 44.5 Å². The van der Waals surface area contributed by atoms with Crippen LogP contribution in [0.5, 0.6) is 5.75 Å². The molecule has 0 amide bonds. The number of pyridine rings is 2. The van der Waals surface area contributed by atoms with Crippen LogP contribution in [0.1, 0.15) is 135 Å². The number of phenols is 1. The van der Waals surface area contributed by atoms with Crippen LogP contribution in [0.3, 0.4) is 0 Å². The van der Waals surface area contributed by atoms with E-state index in [-0.39, 0.29) is 34.1 Å². The molecule has 1 N–H and O–H groups in total. The molecule has 2 aliphatic carbocycles. The van der Waals surface area contributed by atoms with Crippen molar-refractivity contribution in [2.45, 2.75) is 104 Å². The average molecular weight is 791 g/mol. The van der Waals surface area contributed by atoms with E-state index in [0.29, 0.717) is 11.5 Å². The summed E-state index contributed by atoms with van der Waals surface area (Å²) in [6, 6.07) is 44.4. The Balaban J connectivity index is 1.34. The standard InChI is InChI=1S/C56H57N3O/c1-33(2)37-27-38(34(3)4)30-42(29-37)59(41-17-13-16-36(28-41)49-19-12-15-35(5)57-49)51-26-25-46-53(58-51)52-45(18-14-20-50(52)60)56(46)47-31-39(54(6,7)8)21-23-43(47)44-24-22-40(32-48(44)56)55(9,10)11/h12-34,60H,1-11H3/i5D3. The normalized spacial score (nSPS) is 14.7. The van der Waals surface area contributed by atoms with Gasteiger partial charge in [0.25, 0.3) is 0 Å². The molecule has 2 aromatic heterocycles. The fourth-order valence-electron chi connectivity index (χ4n) is 9.42. The van der Waals surface area contributed by atoms with E-state index in [9.17, 15) is 5.11 Å². The van der Waals surface area contributed by atoms with Crippen LogP contribution in [-0.4, -0.2) is 15.1 Å². The summed E-state index contributed by atoms with van der Waals surface area (Å²) in [5, 5.41) is 12.1. The van der Waals surface area contributed by atoms with Crippen LogP contribution < -0.4 is 4.90 Å². The molecule has 0 aliphatic heterocycles. The first-order valence-electron chi connectivity index (χ1n) is 22.9. The molecule has 2 aliphatic rings. The number of benzene rings is 5. The largest absolute Gasteiger partial charge is 0.507 e. The number of fused-ring (bicyclic) bond motifs is 10. The Morgan fingerprint density at radius 1 is 0.583 bits per heavy atom. The maximum absolute atomic E-state index is 12.1. The van der Waals surface area contributed by atoms with Gasteiger partial charge in [-0.05, 0) is 134 Å². The lowest BCUT2D eigenvalue weighted by Gasteiger charge is -2.33. The Hall–Kier alpha value is -6.00. The number of nitrogens with zero attached hydrogens (tertiary/aromatic N) is 3. The second-order valence-corrected chi connectivity index (χ2v) is 19.5. The minimum absolute atomic E-state index is 0.0560. The topological polar surface area (TPSA) is 49.2 Å². The Morgan fingerprint density at radius 2 is 1.20 bits per heavy atom. The van der Waals surface area contributed by atoms with Gasteiger partial charge in [0.15, 0.2) is 0 Å². The minimum Gasteiger partial charge on any atom is -0.507 e. The van der Waals surface area contributed by atoms with Crippen LogP contribution in [0, 0.1) is 6.85 Å². The number of aromatic nitrogens is 2. The van der Waals surface area contributed by atoms with E-state index >= 15 is 0 Å².